The van der Waals surface area contributed by atoms with E-state index in [-0.39, 0.29) is 18.7 Å². The SMILES string of the molecule is C=c1[nH]/c(=C\c2ccccc2)c(=O)n1CC(=O)OCC. The third-order valence-electron chi connectivity index (χ3n) is 2.78. The van der Waals surface area contributed by atoms with E-state index in [9.17, 15) is 9.59 Å². The van der Waals surface area contributed by atoms with Crippen LogP contribution in [0.15, 0.2) is 35.1 Å². The molecule has 0 saturated heterocycles. The number of esters is 1. The van der Waals surface area contributed by atoms with Gasteiger partial charge >= 0.3 is 5.97 Å². The maximum absolute atomic E-state index is 12.2. The summed E-state index contributed by atoms with van der Waals surface area (Å²) < 4.78 is 6.10. The Kier molecular flexibility index (Phi) is 4.20. The fraction of sp³-hybridized carbons (Fsp3) is 0.200. The van der Waals surface area contributed by atoms with Gasteiger partial charge in [-0.25, -0.2) is 0 Å². The highest BCUT2D eigenvalue weighted by Crippen LogP contribution is 1.97. The molecule has 5 heteroatoms. The molecule has 0 unspecified atom stereocenters. The van der Waals surface area contributed by atoms with Crippen molar-refractivity contribution in [1.29, 1.82) is 0 Å². The Bertz CT molecular complexity index is 757. The molecule has 1 N–H and O–H groups in total. The number of hydrogen-bond acceptors (Lipinski definition) is 3. The number of aromatic nitrogens is 2. The van der Waals surface area contributed by atoms with Crippen molar-refractivity contribution in [3.05, 3.63) is 57.1 Å². The summed E-state index contributed by atoms with van der Waals surface area (Å²) in [5, 5.41) is 0.394. The van der Waals surface area contributed by atoms with Crippen LogP contribution in [0.4, 0.5) is 0 Å². The number of hydrogen-bond donors (Lipinski definition) is 1. The number of nitrogens with zero attached hydrogens (tertiary/aromatic N) is 1. The predicted molar refractivity (Wildman–Crippen MR) is 76.5 cm³/mol. The molecular weight excluding hydrogens is 256 g/mol. The molecule has 0 spiro atoms. The summed E-state index contributed by atoms with van der Waals surface area (Å²) in [6.45, 7) is 5.61. The van der Waals surface area contributed by atoms with Crippen molar-refractivity contribution in [1.82, 2.24) is 9.55 Å². The first-order valence-electron chi connectivity index (χ1n) is 6.32. The standard InChI is InChI=1S/C15H16N2O3/c1-3-20-14(18)10-17-11(2)16-13(15(17)19)9-12-7-5-4-6-8-12/h4-9,16H,2-3,10H2,1H3/b13-9-. The van der Waals surface area contributed by atoms with E-state index in [0.29, 0.717) is 10.8 Å². The van der Waals surface area contributed by atoms with Crippen LogP contribution in [0.2, 0.25) is 0 Å². The molecule has 0 radical (unpaired) electrons. The topological polar surface area (TPSA) is 64.1 Å². The summed E-state index contributed by atoms with van der Waals surface area (Å²) >= 11 is 0. The smallest absolute Gasteiger partial charge is 0.326 e. The molecule has 0 fully saturated rings. The summed E-state index contributed by atoms with van der Waals surface area (Å²) in [6.07, 6.45) is 1.72. The minimum Gasteiger partial charge on any atom is -0.465 e. The lowest BCUT2D eigenvalue weighted by Crippen LogP contribution is -2.34. The lowest BCUT2D eigenvalue weighted by atomic mass is 10.2. The Balaban J connectivity index is 2.40. The van der Waals surface area contributed by atoms with Crippen molar-refractivity contribution < 1.29 is 9.53 Å². The largest absolute Gasteiger partial charge is 0.465 e. The van der Waals surface area contributed by atoms with E-state index in [0.717, 1.165) is 5.56 Å². The van der Waals surface area contributed by atoms with E-state index in [4.69, 9.17) is 4.74 Å². The predicted octanol–water partition coefficient (Wildman–Crippen LogP) is -0.0214. The first-order valence-corrected chi connectivity index (χ1v) is 6.32. The van der Waals surface area contributed by atoms with Gasteiger partial charge in [-0.1, -0.05) is 36.9 Å². The molecule has 20 heavy (non-hydrogen) atoms. The maximum Gasteiger partial charge on any atom is 0.326 e. The van der Waals surface area contributed by atoms with Gasteiger partial charge in [0.1, 0.15) is 17.4 Å². The van der Waals surface area contributed by atoms with E-state index in [1.54, 1.807) is 13.0 Å². The van der Waals surface area contributed by atoms with Crippen LogP contribution in [-0.4, -0.2) is 22.1 Å². The van der Waals surface area contributed by atoms with Crippen molar-refractivity contribution in [2.24, 2.45) is 0 Å². The van der Waals surface area contributed by atoms with Crippen LogP contribution < -0.4 is 16.4 Å². The Morgan fingerprint density at radius 1 is 1.40 bits per heavy atom. The second-order valence-electron chi connectivity index (χ2n) is 4.24. The molecule has 0 atom stereocenters. The third-order valence-corrected chi connectivity index (χ3v) is 2.78. The molecule has 0 aliphatic carbocycles. The van der Waals surface area contributed by atoms with E-state index in [1.165, 1.54) is 4.57 Å². The van der Waals surface area contributed by atoms with Gasteiger partial charge in [0, 0.05) is 0 Å². The Labute approximate surface area is 115 Å². The van der Waals surface area contributed by atoms with Crippen molar-refractivity contribution in [2.75, 3.05) is 6.61 Å². The van der Waals surface area contributed by atoms with Crippen LogP contribution in [0.5, 0.6) is 0 Å². The minimum absolute atomic E-state index is 0.134. The first kappa shape index (κ1) is 13.9. The first-order chi connectivity index (χ1) is 9.61. The molecule has 1 heterocycles. The van der Waals surface area contributed by atoms with Gasteiger partial charge in [0.2, 0.25) is 0 Å². The lowest BCUT2D eigenvalue weighted by molar-refractivity contribution is -0.143. The molecule has 0 amide bonds. The molecule has 0 bridgehead atoms. The average Bonchev–Trinajstić information content (AvgIpc) is 2.68. The highest BCUT2D eigenvalue weighted by atomic mass is 16.5. The molecule has 0 aliphatic rings. The van der Waals surface area contributed by atoms with Gasteiger partial charge in [-0.15, -0.1) is 0 Å². The molecule has 0 saturated carbocycles. The van der Waals surface area contributed by atoms with Crippen molar-refractivity contribution >= 4 is 18.6 Å². The second-order valence-corrected chi connectivity index (χ2v) is 4.24. The molecule has 5 nitrogen and oxygen atoms in total. The van der Waals surface area contributed by atoms with Crippen molar-refractivity contribution in [3.8, 4) is 0 Å². The summed E-state index contributed by atoms with van der Waals surface area (Å²) in [7, 11) is 0. The monoisotopic (exact) mass is 272 g/mol. The molecule has 1 aromatic carbocycles. The van der Waals surface area contributed by atoms with Crippen LogP contribution in [0, 0.1) is 0 Å². The fourth-order valence-electron chi connectivity index (χ4n) is 1.86. The Hall–Kier alpha value is -2.56. The zero-order valence-electron chi connectivity index (χ0n) is 11.3. The molecule has 1 aromatic heterocycles. The van der Waals surface area contributed by atoms with Gasteiger partial charge in [-0.2, -0.15) is 0 Å². The zero-order valence-corrected chi connectivity index (χ0v) is 11.3. The van der Waals surface area contributed by atoms with Gasteiger partial charge in [0.05, 0.1) is 6.61 Å². The second kappa shape index (κ2) is 6.06. The number of aromatic amines is 1. The van der Waals surface area contributed by atoms with Crippen LogP contribution in [0.3, 0.4) is 0 Å². The summed E-state index contributed by atoms with van der Waals surface area (Å²) in [6, 6.07) is 9.45. The molecule has 0 aliphatic heterocycles. The van der Waals surface area contributed by atoms with Gasteiger partial charge in [0.25, 0.3) is 5.56 Å². The summed E-state index contributed by atoms with van der Waals surface area (Å²) in [5.74, 6) is -0.454. The van der Waals surface area contributed by atoms with Crippen LogP contribution in [0.1, 0.15) is 12.5 Å². The van der Waals surface area contributed by atoms with Crippen molar-refractivity contribution in [2.45, 2.75) is 13.5 Å². The van der Waals surface area contributed by atoms with E-state index in [1.807, 2.05) is 30.3 Å². The highest BCUT2D eigenvalue weighted by Gasteiger charge is 2.08. The normalized spacial score (nSPS) is 11.6. The number of imidazole rings is 1. The quantitative estimate of drug-likeness (QED) is 0.796. The number of ether oxygens (including phenoxy) is 1. The average molecular weight is 272 g/mol. The number of rotatable bonds is 4. The van der Waals surface area contributed by atoms with Crippen LogP contribution in [0.25, 0.3) is 12.7 Å². The summed E-state index contributed by atoms with van der Waals surface area (Å²) in [4.78, 5) is 26.5. The van der Waals surface area contributed by atoms with Crippen molar-refractivity contribution in [3.63, 3.8) is 0 Å². The van der Waals surface area contributed by atoms with Gasteiger partial charge in [-0.3, -0.25) is 14.2 Å². The number of carbonyl (C=O) groups is 1. The highest BCUT2D eigenvalue weighted by molar-refractivity contribution is 5.69. The number of carbonyl (C=O) groups excluding carboxylic acids is 1. The number of nitrogens with one attached hydrogen (secondary N) is 1. The van der Waals surface area contributed by atoms with Crippen LogP contribution in [-0.2, 0) is 16.1 Å². The van der Waals surface area contributed by atoms with Gasteiger partial charge in [0.15, 0.2) is 0 Å². The number of H-pyrrole nitrogens is 1. The van der Waals surface area contributed by atoms with E-state index >= 15 is 0 Å². The fourth-order valence-corrected chi connectivity index (χ4v) is 1.86. The van der Waals surface area contributed by atoms with Crippen LogP contribution >= 0.6 is 0 Å². The number of benzene rings is 1. The van der Waals surface area contributed by atoms with E-state index in [2.05, 4.69) is 11.6 Å². The molecule has 2 rings (SSSR count). The zero-order chi connectivity index (χ0) is 14.5. The molecule has 104 valence electrons. The Morgan fingerprint density at radius 2 is 2.10 bits per heavy atom. The third kappa shape index (κ3) is 3.06. The van der Waals surface area contributed by atoms with Gasteiger partial charge in [-0.05, 0) is 18.6 Å². The molecule has 2 aromatic rings. The lowest BCUT2D eigenvalue weighted by Gasteiger charge is -2.01. The Morgan fingerprint density at radius 3 is 2.75 bits per heavy atom. The minimum atomic E-state index is -0.454. The summed E-state index contributed by atoms with van der Waals surface area (Å²) in [5.41, 5.74) is 0.992. The van der Waals surface area contributed by atoms with E-state index < -0.39 is 5.97 Å². The molecular formula is C15H16N2O3. The van der Waals surface area contributed by atoms with Gasteiger partial charge < -0.3 is 9.72 Å². The maximum atomic E-state index is 12.2.